The highest BCUT2D eigenvalue weighted by atomic mass is 16.6. The lowest BCUT2D eigenvalue weighted by atomic mass is 9.99. The van der Waals surface area contributed by atoms with Crippen LogP contribution in [-0.2, 0) is 22.5 Å². The number of hydrogen-bond acceptors (Lipinski definition) is 6. The van der Waals surface area contributed by atoms with Gasteiger partial charge >= 0.3 is 5.97 Å². The normalized spacial score (nSPS) is 9.61. The summed E-state index contributed by atoms with van der Waals surface area (Å²) in [5.41, 5.74) is 5.59. The van der Waals surface area contributed by atoms with Crippen LogP contribution in [0.1, 0.15) is 16.7 Å². The molecule has 0 bridgehead atoms. The molecule has 0 aromatic heterocycles. The first-order valence-corrected chi connectivity index (χ1v) is 5.01. The molecule has 0 saturated heterocycles. The third-order valence-corrected chi connectivity index (χ3v) is 2.44. The minimum absolute atomic E-state index is 0.129. The van der Waals surface area contributed by atoms with Gasteiger partial charge in [0.05, 0.1) is 35.7 Å². The maximum Gasteiger partial charge on any atom is 0.310 e. The lowest BCUT2D eigenvalue weighted by Crippen LogP contribution is -2.11. The van der Waals surface area contributed by atoms with E-state index in [-0.39, 0.29) is 35.3 Å². The van der Waals surface area contributed by atoms with Gasteiger partial charge in [0.25, 0.3) is 5.69 Å². The van der Waals surface area contributed by atoms with Gasteiger partial charge in [0.15, 0.2) is 0 Å². The van der Waals surface area contributed by atoms with Gasteiger partial charge in [0, 0.05) is 12.1 Å². The van der Waals surface area contributed by atoms with Gasteiger partial charge in [-0.2, -0.15) is 5.26 Å². The molecule has 0 spiro atoms. The van der Waals surface area contributed by atoms with Crippen LogP contribution in [0, 0.1) is 21.4 Å². The zero-order valence-electron chi connectivity index (χ0n) is 9.67. The monoisotopic (exact) mass is 249 g/mol. The fraction of sp³-hybridized carbons (Fsp3) is 0.273. The number of methoxy groups -OCH3 is 1. The Balaban J connectivity index is 3.40. The van der Waals surface area contributed by atoms with E-state index in [1.165, 1.54) is 19.2 Å². The molecule has 18 heavy (non-hydrogen) atoms. The number of nitrogens with two attached hydrogens (primary N) is 1. The average Bonchev–Trinajstić information content (AvgIpc) is 2.37. The zero-order valence-corrected chi connectivity index (χ0v) is 9.67. The standard InChI is InChI=1S/C11H11N3O4/c1-18-10(15)4-7-2-3-8(5-12)9(6-13)11(7)14(16)17/h2-3H,4,6,13H2,1H3. The van der Waals surface area contributed by atoms with Crippen molar-refractivity contribution >= 4 is 11.7 Å². The molecule has 0 aliphatic carbocycles. The SMILES string of the molecule is COC(=O)Cc1ccc(C#N)c(CN)c1[N+](=O)[O-]. The molecule has 2 N–H and O–H groups in total. The summed E-state index contributed by atoms with van der Waals surface area (Å²) in [5, 5.41) is 19.9. The molecule has 0 aliphatic heterocycles. The number of nitro groups is 1. The minimum Gasteiger partial charge on any atom is -0.469 e. The van der Waals surface area contributed by atoms with E-state index in [9.17, 15) is 14.9 Å². The van der Waals surface area contributed by atoms with E-state index in [1.54, 1.807) is 0 Å². The predicted octanol–water partition coefficient (Wildman–Crippen LogP) is 0.641. The summed E-state index contributed by atoms with van der Waals surface area (Å²) >= 11 is 0. The summed E-state index contributed by atoms with van der Waals surface area (Å²) in [4.78, 5) is 21.6. The summed E-state index contributed by atoms with van der Waals surface area (Å²) in [6.07, 6.45) is -0.231. The number of rotatable bonds is 4. The number of nitriles is 1. The van der Waals surface area contributed by atoms with Crippen molar-refractivity contribution in [2.75, 3.05) is 7.11 Å². The predicted molar refractivity (Wildman–Crippen MR) is 61.4 cm³/mol. The number of esters is 1. The molecule has 1 aromatic carbocycles. The molecule has 0 unspecified atom stereocenters. The fourth-order valence-corrected chi connectivity index (χ4v) is 1.59. The molecule has 1 rings (SSSR count). The molecule has 1 aromatic rings. The van der Waals surface area contributed by atoms with Crippen LogP contribution >= 0.6 is 0 Å². The minimum atomic E-state index is -0.638. The number of ether oxygens (including phenoxy) is 1. The fourth-order valence-electron chi connectivity index (χ4n) is 1.59. The third-order valence-electron chi connectivity index (χ3n) is 2.44. The molecule has 7 nitrogen and oxygen atoms in total. The smallest absolute Gasteiger partial charge is 0.310 e. The number of carbonyl (C=O) groups is 1. The van der Waals surface area contributed by atoms with Crippen molar-refractivity contribution < 1.29 is 14.5 Å². The van der Waals surface area contributed by atoms with Crippen LogP contribution in [0.2, 0.25) is 0 Å². The third kappa shape index (κ3) is 2.61. The number of benzene rings is 1. The summed E-state index contributed by atoms with van der Waals surface area (Å²) in [6.45, 7) is -0.145. The highest BCUT2D eigenvalue weighted by Crippen LogP contribution is 2.27. The van der Waals surface area contributed by atoms with E-state index in [0.29, 0.717) is 0 Å². The zero-order chi connectivity index (χ0) is 13.7. The van der Waals surface area contributed by atoms with Gasteiger partial charge in [0.1, 0.15) is 0 Å². The van der Waals surface area contributed by atoms with Crippen LogP contribution < -0.4 is 5.73 Å². The van der Waals surface area contributed by atoms with E-state index in [1.807, 2.05) is 6.07 Å². The summed E-state index contributed by atoms with van der Waals surface area (Å²) in [6, 6.07) is 4.61. The van der Waals surface area contributed by atoms with Gasteiger partial charge < -0.3 is 10.5 Å². The van der Waals surface area contributed by atoms with Gasteiger partial charge in [0.2, 0.25) is 0 Å². The molecule has 0 fully saturated rings. The number of hydrogen-bond donors (Lipinski definition) is 1. The molecule has 94 valence electrons. The molecule has 0 saturated carbocycles. The van der Waals surface area contributed by atoms with Gasteiger partial charge in [-0.1, -0.05) is 6.07 Å². The van der Waals surface area contributed by atoms with Crippen molar-refractivity contribution in [3.05, 3.63) is 38.9 Å². The second-order valence-electron chi connectivity index (χ2n) is 3.43. The Labute approximate surface area is 103 Å². The van der Waals surface area contributed by atoms with E-state index in [4.69, 9.17) is 11.0 Å². The second kappa shape index (κ2) is 5.75. The maximum atomic E-state index is 11.2. The summed E-state index contributed by atoms with van der Waals surface area (Å²) < 4.78 is 4.46. The first-order valence-electron chi connectivity index (χ1n) is 5.01. The largest absolute Gasteiger partial charge is 0.469 e. The molecule has 0 aliphatic rings. The Bertz CT molecular complexity index is 534. The maximum absolute atomic E-state index is 11.2. The molecule has 7 heteroatoms. The average molecular weight is 249 g/mol. The van der Waals surface area contributed by atoms with Crippen molar-refractivity contribution in [3.63, 3.8) is 0 Å². The summed E-state index contributed by atoms with van der Waals surface area (Å²) in [7, 11) is 1.20. The van der Waals surface area contributed by atoms with E-state index < -0.39 is 10.9 Å². The molecule has 0 radical (unpaired) electrons. The Morgan fingerprint density at radius 1 is 1.61 bits per heavy atom. The van der Waals surface area contributed by atoms with Crippen LogP contribution in [0.3, 0.4) is 0 Å². The summed E-state index contributed by atoms with van der Waals surface area (Å²) in [5.74, 6) is -0.592. The van der Waals surface area contributed by atoms with Crippen LogP contribution in [-0.4, -0.2) is 18.0 Å². The highest BCUT2D eigenvalue weighted by Gasteiger charge is 2.23. The van der Waals surface area contributed by atoms with Gasteiger partial charge in [-0.25, -0.2) is 0 Å². The highest BCUT2D eigenvalue weighted by molar-refractivity contribution is 5.75. The van der Waals surface area contributed by atoms with E-state index in [2.05, 4.69) is 4.74 Å². The Morgan fingerprint density at radius 2 is 2.28 bits per heavy atom. The van der Waals surface area contributed by atoms with Crippen LogP contribution in [0.4, 0.5) is 5.69 Å². The second-order valence-corrected chi connectivity index (χ2v) is 3.43. The van der Waals surface area contributed by atoms with E-state index in [0.717, 1.165) is 0 Å². The van der Waals surface area contributed by atoms with Gasteiger partial charge in [-0.3, -0.25) is 14.9 Å². The Hall–Kier alpha value is -2.46. The number of carbonyl (C=O) groups excluding carboxylic acids is 1. The molecule has 0 atom stereocenters. The van der Waals surface area contributed by atoms with Crippen molar-refractivity contribution in [1.29, 1.82) is 5.26 Å². The lowest BCUT2D eigenvalue weighted by molar-refractivity contribution is -0.386. The first kappa shape index (κ1) is 13.6. The van der Waals surface area contributed by atoms with Crippen LogP contribution in [0.15, 0.2) is 12.1 Å². The Morgan fingerprint density at radius 3 is 2.72 bits per heavy atom. The molecule has 0 amide bonds. The lowest BCUT2D eigenvalue weighted by Gasteiger charge is -2.07. The van der Waals surface area contributed by atoms with E-state index >= 15 is 0 Å². The molecular weight excluding hydrogens is 238 g/mol. The van der Waals surface area contributed by atoms with Crippen molar-refractivity contribution in [2.24, 2.45) is 5.73 Å². The Kier molecular flexibility index (Phi) is 4.34. The topological polar surface area (TPSA) is 119 Å². The first-order chi connectivity index (χ1) is 8.54. The van der Waals surface area contributed by atoms with Gasteiger partial charge in [-0.05, 0) is 6.07 Å². The molecule has 0 heterocycles. The number of nitro benzene ring substituents is 1. The van der Waals surface area contributed by atoms with Crippen LogP contribution in [0.5, 0.6) is 0 Å². The van der Waals surface area contributed by atoms with Crippen molar-refractivity contribution in [3.8, 4) is 6.07 Å². The van der Waals surface area contributed by atoms with Gasteiger partial charge in [-0.15, -0.1) is 0 Å². The van der Waals surface area contributed by atoms with Crippen molar-refractivity contribution in [1.82, 2.24) is 0 Å². The van der Waals surface area contributed by atoms with Crippen molar-refractivity contribution in [2.45, 2.75) is 13.0 Å². The van der Waals surface area contributed by atoms with Crippen LogP contribution in [0.25, 0.3) is 0 Å². The number of nitrogens with zero attached hydrogens (tertiary/aromatic N) is 2. The quantitative estimate of drug-likeness (QED) is 0.475. The molecular formula is C11H11N3O4.